The van der Waals surface area contributed by atoms with Gasteiger partial charge in [-0.15, -0.1) is 0 Å². The molecule has 1 aliphatic carbocycles. The number of nitrogens with two attached hydrogens (primary N) is 1. The van der Waals surface area contributed by atoms with E-state index in [1.165, 1.54) is 19.3 Å². The smallest absolute Gasteiger partial charge is 0.127 e. The Morgan fingerprint density at radius 1 is 1.38 bits per heavy atom. The van der Waals surface area contributed by atoms with Crippen LogP contribution in [0.5, 0.6) is 0 Å². The van der Waals surface area contributed by atoms with E-state index in [0.717, 1.165) is 18.4 Å². The van der Waals surface area contributed by atoms with Crippen LogP contribution in [0.1, 0.15) is 57.6 Å². The molecule has 3 unspecified atom stereocenters. The van der Waals surface area contributed by atoms with Crippen LogP contribution in [0, 0.1) is 11.7 Å². The summed E-state index contributed by atoms with van der Waals surface area (Å²) >= 11 is 0. The van der Waals surface area contributed by atoms with Crippen molar-refractivity contribution in [2.45, 2.75) is 57.5 Å². The first-order valence-electron chi connectivity index (χ1n) is 8.24. The average Bonchev–Trinajstić information content (AvgIpc) is 2.53. The number of likely N-dealkylation sites (N-methyl/N-ethyl adjacent to an activating group) is 1. The molecule has 0 amide bonds. The third kappa shape index (κ3) is 3.00. The summed E-state index contributed by atoms with van der Waals surface area (Å²) in [4.78, 5) is 2.35. The van der Waals surface area contributed by atoms with Crippen LogP contribution >= 0.6 is 0 Å². The Kier molecular flexibility index (Phi) is 5.39. The van der Waals surface area contributed by atoms with Crippen molar-refractivity contribution in [2.75, 3.05) is 13.6 Å². The van der Waals surface area contributed by atoms with E-state index in [-0.39, 0.29) is 17.4 Å². The number of hydrogen-bond acceptors (Lipinski definition) is 2. The molecule has 1 aliphatic rings. The van der Waals surface area contributed by atoms with E-state index < -0.39 is 0 Å². The Morgan fingerprint density at radius 3 is 2.71 bits per heavy atom. The number of hydrogen-bond donors (Lipinski definition) is 1. The van der Waals surface area contributed by atoms with E-state index in [2.05, 4.69) is 25.8 Å². The molecule has 0 aliphatic heterocycles. The largest absolute Gasteiger partial charge is 0.329 e. The summed E-state index contributed by atoms with van der Waals surface area (Å²) in [5.74, 6) is 0.489. The first-order valence-corrected chi connectivity index (χ1v) is 8.24. The molecular weight excluding hydrogens is 263 g/mol. The molecule has 0 radical (unpaired) electrons. The lowest BCUT2D eigenvalue weighted by atomic mass is 9.70. The lowest BCUT2D eigenvalue weighted by Crippen LogP contribution is -2.59. The van der Waals surface area contributed by atoms with Crippen LogP contribution in [0.3, 0.4) is 0 Å². The van der Waals surface area contributed by atoms with Gasteiger partial charge in [0.15, 0.2) is 0 Å². The number of rotatable bonds is 5. The molecule has 3 atom stereocenters. The summed E-state index contributed by atoms with van der Waals surface area (Å²) in [5, 5.41) is 0. The van der Waals surface area contributed by atoms with Gasteiger partial charge in [-0.3, -0.25) is 4.90 Å². The third-order valence-corrected chi connectivity index (χ3v) is 5.66. The van der Waals surface area contributed by atoms with E-state index in [4.69, 9.17) is 5.73 Å². The Hall–Kier alpha value is -0.930. The van der Waals surface area contributed by atoms with Crippen LogP contribution in [0.4, 0.5) is 4.39 Å². The maximum absolute atomic E-state index is 14.1. The maximum atomic E-state index is 14.1. The fraction of sp³-hybridized carbons (Fsp3) is 0.667. The van der Waals surface area contributed by atoms with Crippen molar-refractivity contribution in [3.8, 4) is 0 Å². The summed E-state index contributed by atoms with van der Waals surface area (Å²) in [6, 6.07) is 7.15. The molecule has 1 fully saturated rings. The first-order chi connectivity index (χ1) is 10.1. The summed E-state index contributed by atoms with van der Waals surface area (Å²) in [5.41, 5.74) is 7.00. The van der Waals surface area contributed by atoms with Gasteiger partial charge in [-0.2, -0.15) is 0 Å². The molecule has 0 bridgehead atoms. The van der Waals surface area contributed by atoms with E-state index in [1.54, 1.807) is 12.1 Å². The van der Waals surface area contributed by atoms with E-state index in [9.17, 15) is 4.39 Å². The van der Waals surface area contributed by atoms with Gasteiger partial charge in [0.05, 0.1) is 0 Å². The second kappa shape index (κ2) is 6.89. The summed E-state index contributed by atoms with van der Waals surface area (Å²) in [6.07, 6.45) is 6.02. The van der Waals surface area contributed by atoms with Crippen LogP contribution in [0.15, 0.2) is 24.3 Å². The molecule has 2 rings (SSSR count). The van der Waals surface area contributed by atoms with Crippen molar-refractivity contribution < 1.29 is 4.39 Å². The van der Waals surface area contributed by atoms with E-state index >= 15 is 0 Å². The monoisotopic (exact) mass is 292 g/mol. The molecule has 0 heterocycles. The highest BCUT2D eigenvalue weighted by atomic mass is 19.1. The van der Waals surface area contributed by atoms with Gasteiger partial charge in [0.25, 0.3) is 0 Å². The van der Waals surface area contributed by atoms with Gasteiger partial charge in [-0.1, -0.05) is 44.4 Å². The maximum Gasteiger partial charge on any atom is 0.127 e. The van der Waals surface area contributed by atoms with Crippen LogP contribution in [0.25, 0.3) is 0 Å². The van der Waals surface area contributed by atoms with Crippen LogP contribution in [-0.4, -0.2) is 24.0 Å². The van der Waals surface area contributed by atoms with Gasteiger partial charge in [0, 0.05) is 23.7 Å². The first kappa shape index (κ1) is 16.4. The number of nitrogens with zero attached hydrogens (tertiary/aromatic N) is 1. The highest BCUT2D eigenvalue weighted by Gasteiger charge is 2.43. The lowest BCUT2D eigenvalue weighted by Gasteiger charge is -2.52. The predicted octanol–water partition coefficient (Wildman–Crippen LogP) is 4.12. The third-order valence-electron chi connectivity index (χ3n) is 5.66. The summed E-state index contributed by atoms with van der Waals surface area (Å²) < 4.78 is 14.1. The van der Waals surface area contributed by atoms with Gasteiger partial charge in [0.2, 0.25) is 0 Å². The topological polar surface area (TPSA) is 29.3 Å². The zero-order chi connectivity index (χ0) is 15.5. The molecule has 0 aromatic heterocycles. The summed E-state index contributed by atoms with van der Waals surface area (Å²) in [7, 11) is 2.12. The van der Waals surface area contributed by atoms with Crippen LogP contribution in [-0.2, 0) is 0 Å². The molecule has 3 heteroatoms. The Morgan fingerprint density at radius 2 is 2.10 bits per heavy atom. The normalized spacial score (nSPS) is 27.8. The second-order valence-electron chi connectivity index (χ2n) is 6.47. The number of halogens is 1. The zero-order valence-corrected chi connectivity index (χ0v) is 13.6. The van der Waals surface area contributed by atoms with E-state index in [0.29, 0.717) is 12.5 Å². The molecular formula is C18H29FN2. The van der Waals surface area contributed by atoms with Crippen molar-refractivity contribution in [1.82, 2.24) is 4.90 Å². The van der Waals surface area contributed by atoms with Crippen molar-refractivity contribution in [1.29, 1.82) is 0 Å². The fourth-order valence-corrected chi connectivity index (χ4v) is 4.16. The van der Waals surface area contributed by atoms with Crippen LogP contribution < -0.4 is 5.73 Å². The molecule has 2 nitrogen and oxygen atoms in total. The molecule has 1 aromatic carbocycles. The van der Waals surface area contributed by atoms with Gasteiger partial charge in [-0.25, -0.2) is 4.39 Å². The highest BCUT2D eigenvalue weighted by Crippen LogP contribution is 2.42. The van der Waals surface area contributed by atoms with Crippen LogP contribution in [0.2, 0.25) is 0 Å². The van der Waals surface area contributed by atoms with Crippen molar-refractivity contribution in [3.05, 3.63) is 35.6 Å². The molecule has 21 heavy (non-hydrogen) atoms. The molecule has 1 aromatic rings. The minimum atomic E-state index is -0.118. The molecule has 0 spiro atoms. The Labute approximate surface area is 128 Å². The SMILES string of the molecule is CCC1CCCCC1(CN)N(C)C(C)c1ccccc1F. The second-order valence-corrected chi connectivity index (χ2v) is 6.47. The molecule has 1 saturated carbocycles. The molecule has 0 saturated heterocycles. The highest BCUT2D eigenvalue weighted by molar-refractivity contribution is 5.21. The number of benzene rings is 1. The zero-order valence-electron chi connectivity index (χ0n) is 13.6. The molecule has 2 N–H and O–H groups in total. The summed E-state index contributed by atoms with van der Waals surface area (Å²) in [6.45, 7) is 5.00. The van der Waals surface area contributed by atoms with Gasteiger partial charge >= 0.3 is 0 Å². The predicted molar refractivity (Wildman–Crippen MR) is 86.6 cm³/mol. The quantitative estimate of drug-likeness (QED) is 0.884. The van der Waals surface area contributed by atoms with Gasteiger partial charge < -0.3 is 5.73 Å². The molecule has 118 valence electrons. The average molecular weight is 292 g/mol. The minimum absolute atomic E-state index is 0.00863. The standard InChI is InChI=1S/C18H29FN2/c1-4-15-9-7-8-12-18(15,13-20)21(3)14(2)16-10-5-6-11-17(16)19/h5-6,10-11,14-15H,4,7-9,12-13,20H2,1-3H3. The van der Waals surface area contributed by atoms with Gasteiger partial charge in [-0.05, 0) is 38.8 Å². The Bertz CT molecular complexity index is 462. The minimum Gasteiger partial charge on any atom is -0.329 e. The van der Waals surface area contributed by atoms with E-state index in [1.807, 2.05) is 12.1 Å². The van der Waals surface area contributed by atoms with Crippen molar-refractivity contribution in [2.24, 2.45) is 11.7 Å². The van der Waals surface area contributed by atoms with Gasteiger partial charge in [0.1, 0.15) is 5.82 Å². The Balaban J connectivity index is 2.30. The fourth-order valence-electron chi connectivity index (χ4n) is 4.16. The van der Waals surface area contributed by atoms with Crippen molar-refractivity contribution >= 4 is 0 Å². The lowest BCUT2D eigenvalue weighted by molar-refractivity contribution is -0.00324. The van der Waals surface area contributed by atoms with Crippen molar-refractivity contribution in [3.63, 3.8) is 0 Å².